The Kier molecular flexibility index (Phi) is 3.05. The van der Waals surface area contributed by atoms with Crippen molar-refractivity contribution in [2.75, 3.05) is 0 Å². The van der Waals surface area contributed by atoms with Crippen LogP contribution in [-0.4, -0.2) is 9.38 Å². The third kappa shape index (κ3) is 2.04. The number of benzene rings is 2. The highest BCUT2D eigenvalue weighted by Crippen LogP contribution is 2.29. The largest absolute Gasteiger partial charge is 0.299 e. The van der Waals surface area contributed by atoms with Crippen molar-refractivity contribution in [3.8, 4) is 11.1 Å². The second kappa shape index (κ2) is 4.96. The van der Waals surface area contributed by atoms with E-state index in [9.17, 15) is 0 Å². The second-order valence-electron chi connectivity index (χ2n) is 5.66. The first-order chi connectivity index (χ1) is 10.6. The SMILES string of the molecule is Cc1ccccc1-c1cc2nc3cc(Br)ccc3n2cc1C. The van der Waals surface area contributed by atoms with Crippen LogP contribution in [0.25, 0.3) is 27.8 Å². The molecule has 0 unspecified atom stereocenters. The molecule has 0 aliphatic carbocycles. The van der Waals surface area contributed by atoms with Gasteiger partial charge in [0.15, 0.2) is 0 Å². The van der Waals surface area contributed by atoms with E-state index >= 15 is 0 Å². The van der Waals surface area contributed by atoms with Crippen LogP contribution >= 0.6 is 15.9 Å². The fourth-order valence-electron chi connectivity index (χ4n) is 3.00. The van der Waals surface area contributed by atoms with Gasteiger partial charge in [-0.1, -0.05) is 40.2 Å². The van der Waals surface area contributed by atoms with Gasteiger partial charge in [0.2, 0.25) is 0 Å². The third-order valence-electron chi connectivity index (χ3n) is 4.14. The lowest BCUT2D eigenvalue weighted by Gasteiger charge is -2.10. The summed E-state index contributed by atoms with van der Waals surface area (Å²) in [5.74, 6) is 0. The summed E-state index contributed by atoms with van der Waals surface area (Å²) in [6, 6.07) is 16.9. The van der Waals surface area contributed by atoms with Crippen molar-refractivity contribution in [1.82, 2.24) is 9.38 Å². The molecular weight excluding hydrogens is 336 g/mol. The minimum Gasteiger partial charge on any atom is -0.299 e. The number of halogens is 1. The Bertz CT molecular complexity index is 1010. The van der Waals surface area contributed by atoms with Gasteiger partial charge in [-0.3, -0.25) is 4.40 Å². The van der Waals surface area contributed by atoms with Crippen LogP contribution in [0.4, 0.5) is 0 Å². The molecule has 0 atom stereocenters. The van der Waals surface area contributed by atoms with Crippen LogP contribution in [0.15, 0.2) is 59.2 Å². The fraction of sp³-hybridized carbons (Fsp3) is 0.105. The molecule has 0 saturated heterocycles. The molecule has 22 heavy (non-hydrogen) atoms. The standard InChI is InChI=1S/C19H15BrN2/c1-12-5-3-4-6-15(12)16-10-19-21-17-9-14(20)7-8-18(17)22(19)11-13(16)2/h3-11H,1-2H3. The molecule has 2 aromatic carbocycles. The average molecular weight is 351 g/mol. The maximum atomic E-state index is 4.77. The quantitative estimate of drug-likeness (QED) is 0.440. The van der Waals surface area contributed by atoms with Crippen LogP contribution in [0.2, 0.25) is 0 Å². The van der Waals surface area contributed by atoms with Crippen LogP contribution in [0.1, 0.15) is 11.1 Å². The molecule has 0 bridgehead atoms. The highest BCUT2D eigenvalue weighted by atomic mass is 79.9. The lowest BCUT2D eigenvalue weighted by Crippen LogP contribution is -1.92. The predicted molar refractivity (Wildman–Crippen MR) is 95.3 cm³/mol. The number of aryl methyl sites for hydroxylation is 2. The molecule has 2 nitrogen and oxygen atoms in total. The van der Waals surface area contributed by atoms with Gasteiger partial charge in [0.1, 0.15) is 5.65 Å². The van der Waals surface area contributed by atoms with Crippen molar-refractivity contribution in [1.29, 1.82) is 0 Å². The van der Waals surface area contributed by atoms with Gasteiger partial charge in [-0.25, -0.2) is 4.98 Å². The topological polar surface area (TPSA) is 17.3 Å². The van der Waals surface area contributed by atoms with E-state index in [-0.39, 0.29) is 0 Å². The van der Waals surface area contributed by atoms with Gasteiger partial charge in [-0.15, -0.1) is 0 Å². The van der Waals surface area contributed by atoms with E-state index in [1.807, 2.05) is 0 Å². The summed E-state index contributed by atoms with van der Waals surface area (Å²) in [4.78, 5) is 4.77. The van der Waals surface area contributed by atoms with Crippen molar-refractivity contribution < 1.29 is 0 Å². The van der Waals surface area contributed by atoms with Crippen molar-refractivity contribution in [2.24, 2.45) is 0 Å². The molecule has 108 valence electrons. The number of nitrogens with zero attached hydrogens (tertiary/aromatic N) is 2. The van der Waals surface area contributed by atoms with E-state index in [4.69, 9.17) is 4.98 Å². The maximum Gasteiger partial charge on any atom is 0.138 e. The Morgan fingerprint density at radius 1 is 0.909 bits per heavy atom. The van der Waals surface area contributed by atoms with Crippen molar-refractivity contribution in [3.63, 3.8) is 0 Å². The van der Waals surface area contributed by atoms with Crippen LogP contribution in [0.5, 0.6) is 0 Å². The van der Waals surface area contributed by atoms with E-state index in [1.54, 1.807) is 0 Å². The number of fused-ring (bicyclic) bond motifs is 3. The van der Waals surface area contributed by atoms with Crippen molar-refractivity contribution in [2.45, 2.75) is 13.8 Å². The van der Waals surface area contributed by atoms with Gasteiger partial charge >= 0.3 is 0 Å². The molecule has 0 radical (unpaired) electrons. The summed E-state index contributed by atoms with van der Waals surface area (Å²) in [6.45, 7) is 4.31. The summed E-state index contributed by atoms with van der Waals surface area (Å²) < 4.78 is 3.22. The first-order valence-electron chi connectivity index (χ1n) is 7.27. The van der Waals surface area contributed by atoms with Gasteiger partial charge in [0.05, 0.1) is 11.0 Å². The molecule has 0 aliphatic rings. The van der Waals surface area contributed by atoms with E-state index in [2.05, 4.69) is 88.9 Å². The van der Waals surface area contributed by atoms with Crippen molar-refractivity contribution >= 4 is 32.6 Å². The minimum absolute atomic E-state index is 0.983. The van der Waals surface area contributed by atoms with Gasteiger partial charge in [0.25, 0.3) is 0 Å². The highest BCUT2D eigenvalue weighted by molar-refractivity contribution is 9.10. The van der Waals surface area contributed by atoms with Gasteiger partial charge in [-0.05, 0) is 60.4 Å². The molecular formula is C19H15BrN2. The minimum atomic E-state index is 0.983. The smallest absolute Gasteiger partial charge is 0.138 e. The molecule has 0 aliphatic heterocycles. The number of aromatic nitrogens is 2. The number of hydrogen-bond donors (Lipinski definition) is 0. The normalized spacial score (nSPS) is 11.4. The lowest BCUT2D eigenvalue weighted by atomic mass is 9.98. The van der Waals surface area contributed by atoms with Crippen LogP contribution in [0, 0.1) is 13.8 Å². The second-order valence-corrected chi connectivity index (χ2v) is 6.57. The zero-order chi connectivity index (χ0) is 15.3. The number of pyridine rings is 1. The Balaban J connectivity index is 2.04. The van der Waals surface area contributed by atoms with Gasteiger partial charge in [-0.2, -0.15) is 0 Å². The van der Waals surface area contributed by atoms with Crippen LogP contribution < -0.4 is 0 Å². The molecule has 0 fully saturated rings. The summed E-state index contributed by atoms with van der Waals surface area (Å²) >= 11 is 3.52. The molecule has 2 aromatic heterocycles. The first kappa shape index (κ1) is 13.5. The molecule has 4 rings (SSSR count). The Hall–Kier alpha value is -2.13. The molecule has 2 heterocycles. The van der Waals surface area contributed by atoms with Crippen LogP contribution in [-0.2, 0) is 0 Å². The first-order valence-corrected chi connectivity index (χ1v) is 8.07. The number of imidazole rings is 1. The molecule has 3 heteroatoms. The Morgan fingerprint density at radius 2 is 1.73 bits per heavy atom. The summed E-state index contributed by atoms with van der Waals surface area (Å²) in [5, 5.41) is 0. The lowest BCUT2D eigenvalue weighted by molar-refractivity contribution is 1.19. The monoisotopic (exact) mass is 350 g/mol. The third-order valence-corrected chi connectivity index (χ3v) is 4.63. The van der Waals surface area contributed by atoms with Crippen molar-refractivity contribution in [3.05, 3.63) is 70.3 Å². The molecule has 4 aromatic rings. The van der Waals surface area contributed by atoms with E-state index in [0.29, 0.717) is 0 Å². The molecule has 0 amide bonds. The summed E-state index contributed by atoms with van der Waals surface area (Å²) in [7, 11) is 0. The van der Waals surface area contributed by atoms with E-state index < -0.39 is 0 Å². The fourth-order valence-corrected chi connectivity index (χ4v) is 3.35. The summed E-state index contributed by atoms with van der Waals surface area (Å²) in [6.07, 6.45) is 2.18. The number of rotatable bonds is 1. The van der Waals surface area contributed by atoms with Gasteiger partial charge in [0, 0.05) is 10.7 Å². The molecule has 0 spiro atoms. The molecule has 0 saturated carbocycles. The maximum absolute atomic E-state index is 4.77. The average Bonchev–Trinajstić information content (AvgIpc) is 2.83. The van der Waals surface area contributed by atoms with E-state index in [0.717, 1.165) is 21.2 Å². The van der Waals surface area contributed by atoms with E-state index in [1.165, 1.54) is 22.3 Å². The van der Waals surface area contributed by atoms with Crippen LogP contribution in [0.3, 0.4) is 0 Å². The zero-order valence-corrected chi connectivity index (χ0v) is 14.1. The zero-order valence-electron chi connectivity index (χ0n) is 12.5. The predicted octanol–water partition coefficient (Wildman–Crippen LogP) is 5.53. The summed E-state index contributed by atoms with van der Waals surface area (Å²) in [5.41, 5.74) is 8.19. The number of hydrogen-bond acceptors (Lipinski definition) is 1. The van der Waals surface area contributed by atoms with Gasteiger partial charge < -0.3 is 0 Å². The highest BCUT2D eigenvalue weighted by Gasteiger charge is 2.10. The Morgan fingerprint density at radius 3 is 2.55 bits per heavy atom. The Labute approximate surface area is 137 Å². The molecule has 0 N–H and O–H groups in total.